The fourth-order valence-electron chi connectivity index (χ4n) is 3.72. The van der Waals surface area contributed by atoms with Crippen LogP contribution in [0.3, 0.4) is 0 Å². The number of likely N-dealkylation sites (tertiary alicyclic amines) is 1. The minimum Gasteiger partial charge on any atom is -0.492 e. The van der Waals surface area contributed by atoms with Gasteiger partial charge >= 0.3 is 0 Å². The largest absolute Gasteiger partial charge is 0.492 e. The van der Waals surface area contributed by atoms with E-state index >= 15 is 0 Å². The molecule has 1 aliphatic rings. The van der Waals surface area contributed by atoms with Gasteiger partial charge < -0.3 is 16.2 Å². The first-order valence-corrected chi connectivity index (χ1v) is 10.5. The summed E-state index contributed by atoms with van der Waals surface area (Å²) in [6, 6.07) is 8.25. The van der Waals surface area contributed by atoms with Crippen LogP contribution in [0.1, 0.15) is 55.8 Å². The number of aryl methyl sites for hydroxylation is 1. The number of unbranched alkanes of at least 4 members (excludes halogenated alkanes) is 2. The van der Waals surface area contributed by atoms with E-state index < -0.39 is 0 Å². The Morgan fingerprint density at radius 3 is 2.50 bits per heavy atom. The van der Waals surface area contributed by atoms with E-state index in [0.29, 0.717) is 12.2 Å². The van der Waals surface area contributed by atoms with Crippen LogP contribution in [0.25, 0.3) is 0 Å². The van der Waals surface area contributed by atoms with Crippen LogP contribution in [-0.2, 0) is 12.8 Å². The zero-order valence-corrected chi connectivity index (χ0v) is 17.0. The number of anilines is 2. The van der Waals surface area contributed by atoms with Gasteiger partial charge in [0.15, 0.2) is 0 Å². The van der Waals surface area contributed by atoms with Gasteiger partial charge in [0, 0.05) is 18.5 Å². The smallest absolute Gasteiger partial charge is 0.222 e. The molecule has 1 aromatic heterocycles. The van der Waals surface area contributed by atoms with Crippen molar-refractivity contribution in [3.63, 3.8) is 0 Å². The van der Waals surface area contributed by atoms with E-state index in [1.807, 2.05) is 12.1 Å². The molecule has 2 heterocycles. The number of hydrogen-bond donors (Lipinski definition) is 2. The molecule has 0 atom stereocenters. The first-order chi connectivity index (χ1) is 13.7. The molecule has 0 amide bonds. The number of hydrogen-bond acceptors (Lipinski definition) is 6. The molecule has 2 aromatic rings. The van der Waals surface area contributed by atoms with Gasteiger partial charge in [-0.3, -0.25) is 4.90 Å². The molecule has 1 aliphatic heterocycles. The van der Waals surface area contributed by atoms with Crippen molar-refractivity contribution in [2.24, 2.45) is 0 Å². The highest BCUT2D eigenvalue weighted by molar-refractivity contribution is 5.48. The second-order valence-corrected chi connectivity index (χ2v) is 7.57. The maximum absolute atomic E-state index is 6.17. The third kappa shape index (κ3) is 5.83. The highest BCUT2D eigenvalue weighted by Crippen LogP contribution is 2.22. The van der Waals surface area contributed by atoms with Crippen molar-refractivity contribution < 1.29 is 4.74 Å². The van der Waals surface area contributed by atoms with Crippen LogP contribution in [0, 0.1) is 0 Å². The van der Waals surface area contributed by atoms with E-state index in [-0.39, 0.29) is 5.95 Å². The van der Waals surface area contributed by atoms with Crippen molar-refractivity contribution in [3.05, 3.63) is 41.1 Å². The Morgan fingerprint density at radius 2 is 1.79 bits per heavy atom. The zero-order chi connectivity index (χ0) is 19.8. The first-order valence-electron chi connectivity index (χ1n) is 10.5. The maximum atomic E-state index is 6.17. The molecular weight excluding hydrogens is 350 g/mol. The zero-order valence-electron chi connectivity index (χ0n) is 17.0. The summed E-state index contributed by atoms with van der Waals surface area (Å²) < 4.78 is 5.89. The van der Waals surface area contributed by atoms with Crippen LogP contribution in [0.2, 0.25) is 0 Å². The van der Waals surface area contributed by atoms with Gasteiger partial charge in [0.25, 0.3) is 0 Å². The summed E-state index contributed by atoms with van der Waals surface area (Å²) in [5.41, 5.74) is 15.1. The Morgan fingerprint density at radius 1 is 1.04 bits per heavy atom. The SMILES string of the molecule is CCCCCc1nc(N)nc(N)c1Cc1ccc(OCCN2CCCC2)cc1. The second kappa shape index (κ2) is 10.3. The highest BCUT2D eigenvalue weighted by atomic mass is 16.5. The topological polar surface area (TPSA) is 90.3 Å². The van der Waals surface area contributed by atoms with Crippen LogP contribution in [-0.4, -0.2) is 41.1 Å². The number of aromatic nitrogens is 2. The number of nitrogen functional groups attached to an aromatic ring is 2. The van der Waals surface area contributed by atoms with E-state index in [0.717, 1.165) is 43.0 Å². The fraction of sp³-hybridized carbons (Fsp3) is 0.545. The molecule has 6 nitrogen and oxygen atoms in total. The predicted molar refractivity (Wildman–Crippen MR) is 115 cm³/mol. The summed E-state index contributed by atoms with van der Waals surface area (Å²) in [6.45, 7) is 6.34. The molecule has 6 heteroatoms. The van der Waals surface area contributed by atoms with Crippen molar-refractivity contribution in [1.29, 1.82) is 0 Å². The van der Waals surface area contributed by atoms with E-state index in [4.69, 9.17) is 16.2 Å². The van der Waals surface area contributed by atoms with E-state index in [2.05, 4.69) is 33.9 Å². The average molecular weight is 384 g/mol. The summed E-state index contributed by atoms with van der Waals surface area (Å²) in [7, 11) is 0. The van der Waals surface area contributed by atoms with Crippen molar-refractivity contribution in [2.75, 3.05) is 37.7 Å². The quantitative estimate of drug-likeness (QED) is 0.611. The number of rotatable bonds is 10. The fourth-order valence-corrected chi connectivity index (χ4v) is 3.72. The average Bonchev–Trinajstić information content (AvgIpc) is 3.19. The normalized spacial score (nSPS) is 14.5. The van der Waals surface area contributed by atoms with Gasteiger partial charge in [0.2, 0.25) is 5.95 Å². The lowest BCUT2D eigenvalue weighted by atomic mass is 10.0. The lowest BCUT2D eigenvalue weighted by Gasteiger charge is -2.15. The molecule has 3 rings (SSSR count). The molecule has 152 valence electrons. The van der Waals surface area contributed by atoms with Crippen LogP contribution in [0.15, 0.2) is 24.3 Å². The lowest BCUT2D eigenvalue weighted by molar-refractivity contribution is 0.238. The third-order valence-corrected chi connectivity index (χ3v) is 5.34. The lowest BCUT2D eigenvalue weighted by Crippen LogP contribution is -2.25. The van der Waals surface area contributed by atoms with Gasteiger partial charge in [-0.1, -0.05) is 31.9 Å². The minimum absolute atomic E-state index is 0.259. The molecule has 0 unspecified atom stereocenters. The molecule has 0 aliphatic carbocycles. The van der Waals surface area contributed by atoms with Crippen molar-refractivity contribution >= 4 is 11.8 Å². The molecule has 1 fully saturated rings. The number of benzene rings is 1. The third-order valence-electron chi connectivity index (χ3n) is 5.34. The van der Waals surface area contributed by atoms with E-state index in [9.17, 15) is 0 Å². The highest BCUT2D eigenvalue weighted by Gasteiger charge is 2.13. The second-order valence-electron chi connectivity index (χ2n) is 7.57. The van der Waals surface area contributed by atoms with Crippen molar-refractivity contribution in [2.45, 2.75) is 51.9 Å². The summed E-state index contributed by atoms with van der Waals surface area (Å²) in [6.07, 6.45) is 7.65. The van der Waals surface area contributed by atoms with Crippen LogP contribution in [0.5, 0.6) is 5.75 Å². The molecule has 0 spiro atoms. The molecule has 28 heavy (non-hydrogen) atoms. The van der Waals surface area contributed by atoms with Crippen LogP contribution in [0.4, 0.5) is 11.8 Å². The summed E-state index contributed by atoms with van der Waals surface area (Å²) in [5.74, 6) is 1.66. The molecular formula is C22H33N5O. The van der Waals surface area contributed by atoms with Gasteiger partial charge in [0.1, 0.15) is 18.2 Å². The van der Waals surface area contributed by atoms with Crippen LogP contribution < -0.4 is 16.2 Å². The Bertz CT molecular complexity index is 741. The number of nitrogens with zero attached hydrogens (tertiary/aromatic N) is 3. The molecule has 4 N–H and O–H groups in total. The maximum Gasteiger partial charge on any atom is 0.222 e. The van der Waals surface area contributed by atoms with Gasteiger partial charge in [-0.15, -0.1) is 0 Å². The molecule has 0 radical (unpaired) electrons. The Hall–Kier alpha value is -2.34. The minimum atomic E-state index is 0.259. The molecule has 1 saturated heterocycles. The van der Waals surface area contributed by atoms with Crippen LogP contribution >= 0.6 is 0 Å². The molecule has 0 saturated carbocycles. The van der Waals surface area contributed by atoms with Gasteiger partial charge in [-0.2, -0.15) is 4.98 Å². The standard InChI is InChI=1S/C22H33N5O/c1-2-3-4-7-20-19(21(23)26-22(24)25-20)16-17-8-10-18(11-9-17)28-15-14-27-12-5-6-13-27/h8-11H,2-7,12-16H2,1H3,(H4,23,24,25,26). The predicted octanol–water partition coefficient (Wildman–Crippen LogP) is 3.44. The van der Waals surface area contributed by atoms with Gasteiger partial charge in [-0.25, -0.2) is 4.98 Å². The molecule has 0 bridgehead atoms. The summed E-state index contributed by atoms with van der Waals surface area (Å²) >= 11 is 0. The monoisotopic (exact) mass is 383 g/mol. The number of nitrogens with two attached hydrogens (primary N) is 2. The van der Waals surface area contributed by atoms with E-state index in [1.165, 1.54) is 44.3 Å². The van der Waals surface area contributed by atoms with Gasteiger partial charge in [0.05, 0.1) is 5.69 Å². The number of ether oxygens (including phenoxy) is 1. The van der Waals surface area contributed by atoms with E-state index in [1.54, 1.807) is 0 Å². The Kier molecular flexibility index (Phi) is 7.48. The van der Waals surface area contributed by atoms with Gasteiger partial charge in [-0.05, 0) is 56.5 Å². The van der Waals surface area contributed by atoms with Crippen molar-refractivity contribution in [3.8, 4) is 5.75 Å². The summed E-state index contributed by atoms with van der Waals surface area (Å²) in [5, 5.41) is 0. The Labute approximate surface area is 168 Å². The summed E-state index contributed by atoms with van der Waals surface area (Å²) in [4.78, 5) is 11.1. The van der Waals surface area contributed by atoms with Crippen molar-refractivity contribution in [1.82, 2.24) is 14.9 Å². The molecule has 1 aromatic carbocycles. The Balaban J connectivity index is 1.59. The first kappa shape index (κ1) is 20.4.